The number of ether oxygens (including phenoxy) is 2. The van der Waals surface area contributed by atoms with E-state index in [0.717, 1.165) is 22.5 Å². The van der Waals surface area contributed by atoms with Gasteiger partial charge in [0.1, 0.15) is 35.1 Å². The summed E-state index contributed by atoms with van der Waals surface area (Å²) in [6, 6.07) is 37.9. The molecule has 4 aromatic carbocycles. The molecule has 0 bridgehead atoms. The number of nitriles is 2. The first kappa shape index (κ1) is 44.4. The molecule has 0 amide bonds. The number of benzene rings is 4. The van der Waals surface area contributed by atoms with Crippen LogP contribution in [0, 0.1) is 22.7 Å². The van der Waals surface area contributed by atoms with Crippen molar-refractivity contribution in [2.45, 2.75) is 74.8 Å². The fourth-order valence-electron chi connectivity index (χ4n) is 7.94. The number of pyridine rings is 2. The largest absolute Gasteiger partial charge is 0.457 e. The molecule has 328 valence electrons. The van der Waals surface area contributed by atoms with Gasteiger partial charge < -0.3 is 9.47 Å². The van der Waals surface area contributed by atoms with E-state index in [2.05, 4.69) is 26.0 Å². The molecule has 8 aromatic rings. The molecule has 0 fully saturated rings. The van der Waals surface area contributed by atoms with Crippen molar-refractivity contribution in [3.8, 4) is 57.7 Å². The third kappa shape index (κ3) is 8.71. The van der Waals surface area contributed by atoms with E-state index in [0.29, 0.717) is 68.8 Å². The molecule has 4 aromatic heterocycles. The van der Waals surface area contributed by atoms with Crippen LogP contribution in [0.15, 0.2) is 137 Å². The van der Waals surface area contributed by atoms with Crippen LogP contribution in [0.4, 0.5) is 0 Å². The van der Waals surface area contributed by atoms with Crippen molar-refractivity contribution in [3.05, 3.63) is 156 Å². The molecule has 0 aliphatic heterocycles. The van der Waals surface area contributed by atoms with E-state index in [1.54, 1.807) is 75.4 Å². The van der Waals surface area contributed by atoms with E-state index in [1.807, 2.05) is 82.7 Å². The van der Waals surface area contributed by atoms with E-state index in [-0.39, 0.29) is 27.4 Å². The van der Waals surface area contributed by atoms with Crippen molar-refractivity contribution in [3.63, 3.8) is 0 Å². The SMILES string of the molecule is CCS(=O)(=O)c1cc(CC(C)c2nc3c(C#N)cccn3c2-c2cccc(Oc3cccc(S(=O)(=O)C(C)C)c3)c2)cc(Oc2cccc(-c3c(C(C)C)nc4c(C#N)cccn34)c2)c1. The monoisotopic (exact) mass is 902 g/mol. The highest BCUT2D eigenvalue weighted by molar-refractivity contribution is 7.92. The average Bonchev–Trinajstić information content (AvgIpc) is 3.89. The lowest BCUT2D eigenvalue weighted by atomic mass is 9.94. The number of nitrogens with zero attached hydrogens (tertiary/aromatic N) is 6. The van der Waals surface area contributed by atoms with Gasteiger partial charge in [0.15, 0.2) is 31.0 Å². The number of rotatable bonds is 14. The van der Waals surface area contributed by atoms with Gasteiger partial charge in [-0.05, 0) is 117 Å². The zero-order chi connectivity index (χ0) is 46.2. The van der Waals surface area contributed by atoms with Gasteiger partial charge in [0.2, 0.25) is 0 Å². The lowest BCUT2D eigenvalue weighted by Gasteiger charge is -2.16. The summed E-state index contributed by atoms with van der Waals surface area (Å²) in [4.78, 5) is 10.2. The van der Waals surface area contributed by atoms with Crippen molar-refractivity contribution in [2.75, 3.05) is 5.75 Å². The predicted octanol–water partition coefficient (Wildman–Crippen LogP) is 11.1. The van der Waals surface area contributed by atoms with Gasteiger partial charge in [-0.1, -0.05) is 58.0 Å². The fraction of sp³-hybridized carbons (Fsp3) is 0.216. The summed E-state index contributed by atoms with van der Waals surface area (Å²) in [5.74, 6) is 1.28. The zero-order valence-corrected chi connectivity index (χ0v) is 38.4. The van der Waals surface area contributed by atoms with Crippen LogP contribution in [0.2, 0.25) is 0 Å². The van der Waals surface area contributed by atoms with Crippen LogP contribution in [0.5, 0.6) is 23.0 Å². The minimum atomic E-state index is -3.67. The molecule has 4 heterocycles. The highest BCUT2D eigenvalue weighted by atomic mass is 32.2. The third-order valence-electron chi connectivity index (χ3n) is 11.3. The number of imidazole rings is 2. The Morgan fingerprint density at radius 2 is 1.11 bits per heavy atom. The van der Waals surface area contributed by atoms with Crippen LogP contribution >= 0.6 is 0 Å². The molecule has 0 N–H and O–H groups in total. The Hall–Kier alpha value is -7.26. The van der Waals surface area contributed by atoms with Crippen LogP contribution in [0.3, 0.4) is 0 Å². The first-order valence-electron chi connectivity index (χ1n) is 21.2. The minimum Gasteiger partial charge on any atom is -0.457 e. The second-order valence-electron chi connectivity index (χ2n) is 16.5. The first-order chi connectivity index (χ1) is 31.1. The second kappa shape index (κ2) is 17.7. The molecule has 65 heavy (non-hydrogen) atoms. The van der Waals surface area contributed by atoms with Gasteiger partial charge in [-0.25, -0.2) is 26.8 Å². The molecule has 0 spiro atoms. The van der Waals surface area contributed by atoms with Crippen molar-refractivity contribution in [1.82, 2.24) is 18.8 Å². The molecule has 0 saturated heterocycles. The first-order valence-corrected chi connectivity index (χ1v) is 24.4. The predicted molar refractivity (Wildman–Crippen MR) is 250 cm³/mol. The summed E-state index contributed by atoms with van der Waals surface area (Å²) in [6.07, 6.45) is 4.08. The fourth-order valence-corrected chi connectivity index (χ4v) is 9.99. The van der Waals surface area contributed by atoms with Gasteiger partial charge in [-0.2, -0.15) is 10.5 Å². The topological polar surface area (TPSA) is 169 Å². The van der Waals surface area contributed by atoms with E-state index in [9.17, 15) is 27.4 Å². The molecule has 14 heteroatoms. The van der Waals surface area contributed by atoms with Gasteiger partial charge in [0.25, 0.3) is 0 Å². The van der Waals surface area contributed by atoms with Crippen LogP contribution in [0.25, 0.3) is 33.8 Å². The summed E-state index contributed by atoms with van der Waals surface area (Å²) in [6.45, 7) is 11.0. The lowest BCUT2D eigenvalue weighted by Crippen LogP contribution is -2.13. The second-order valence-corrected chi connectivity index (χ2v) is 21.2. The van der Waals surface area contributed by atoms with Crippen molar-refractivity contribution in [1.29, 1.82) is 10.5 Å². The molecule has 0 radical (unpaired) electrons. The van der Waals surface area contributed by atoms with Gasteiger partial charge >= 0.3 is 0 Å². The molecule has 12 nitrogen and oxygen atoms in total. The zero-order valence-electron chi connectivity index (χ0n) is 36.7. The highest BCUT2D eigenvalue weighted by Crippen LogP contribution is 2.38. The minimum absolute atomic E-state index is 0.0547. The van der Waals surface area contributed by atoms with Gasteiger partial charge in [0.05, 0.1) is 54.7 Å². The van der Waals surface area contributed by atoms with Crippen LogP contribution in [-0.2, 0) is 26.1 Å². The lowest BCUT2D eigenvalue weighted by molar-refractivity contribution is 0.479. The third-order valence-corrected chi connectivity index (χ3v) is 15.1. The van der Waals surface area contributed by atoms with E-state index >= 15 is 0 Å². The smallest absolute Gasteiger partial charge is 0.180 e. The number of fused-ring (bicyclic) bond motifs is 2. The Kier molecular flexibility index (Phi) is 12.1. The molecule has 1 unspecified atom stereocenters. The number of hydrogen-bond acceptors (Lipinski definition) is 10. The maximum Gasteiger partial charge on any atom is 0.180 e. The van der Waals surface area contributed by atoms with Gasteiger partial charge in [-0.15, -0.1) is 0 Å². The molecule has 0 saturated carbocycles. The Morgan fingerprint density at radius 3 is 1.65 bits per heavy atom. The number of sulfone groups is 2. The maximum atomic E-state index is 13.5. The van der Waals surface area contributed by atoms with Crippen molar-refractivity contribution < 1.29 is 26.3 Å². The Balaban J connectivity index is 1.16. The molecule has 0 aliphatic rings. The summed E-state index contributed by atoms with van der Waals surface area (Å²) in [7, 11) is -7.21. The molecule has 1 atom stereocenters. The van der Waals surface area contributed by atoms with Crippen molar-refractivity contribution in [2.24, 2.45) is 0 Å². The summed E-state index contributed by atoms with van der Waals surface area (Å²) < 4.78 is 69.4. The maximum absolute atomic E-state index is 13.5. The molecule has 0 aliphatic carbocycles. The summed E-state index contributed by atoms with van der Waals surface area (Å²) >= 11 is 0. The van der Waals surface area contributed by atoms with E-state index < -0.39 is 24.9 Å². The standard InChI is InChI=1S/C51H46N6O6S2/c1-7-64(58,59)45-25-35(24-43(29-45)63-41-18-8-13-36(26-41)48-46(32(2)3)54-50-38(30-52)15-11-21-56(48)50)23-34(6)47-49(57-22-12-16-39(31-53)51(57)55-47)37-14-9-17-40(27-37)62-42-19-10-20-44(28-42)65(60,61)33(4)5/h8-22,24-29,32-34H,7,23H2,1-6H3. The highest BCUT2D eigenvalue weighted by Gasteiger charge is 2.25. The molecule has 8 rings (SSSR count). The number of aromatic nitrogens is 4. The van der Waals surface area contributed by atoms with E-state index in [1.165, 1.54) is 6.07 Å². The molecular weight excluding hydrogens is 857 g/mol. The van der Waals surface area contributed by atoms with Crippen LogP contribution in [0.1, 0.15) is 81.5 Å². The van der Waals surface area contributed by atoms with E-state index in [4.69, 9.17) is 19.4 Å². The average molecular weight is 903 g/mol. The normalized spacial score (nSPS) is 12.4. The number of hydrogen-bond donors (Lipinski definition) is 0. The van der Waals surface area contributed by atoms with Gasteiger partial charge in [0, 0.05) is 29.4 Å². The Morgan fingerprint density at radius 1 is 0.600 bits per heavy atom. The van der Waals surface area contributed by atoms with Crippen molar-refractivity contribution >= 4 is 31.0 Å². The van der Waals surface area contributed by atoms with Crippen LogP contribution < -0.4 is 9.47 Å². The summed E-state index contributed by atoms with van der Waals surface area (Å²) in [5, 5.41) is 19.3. The van der Waals surface area contributed by atoms with Gasteiger partial charge in [-0.3, -0.25) is 8.80 Å². The molecular formula is C51H46N6O6S2. The van der Waals surface area contributed by atoms with Crippen LogP contribution in [-0.4, -0.2) is 46.6 Å². The Bertz CT molecular complexity index is 3450. The summed E-state index contributed by atoms with van der Waals surface area (Å²) in [5.41, 5.74) is 7.17. The quantitative estimate of drug-likeness (QED) is 0.102. The Labute approximate surface area is 378 Å².